The van der Waals surface area contributed by atoms with Crippen molar-refractivity contribution in [2.45, 2.75) is 97.8 Å². The highest BCUT2D eigenvalue weighted by Gasteiger charge is 2.31. The van der Waals surface area contributed by atoms with E-state index in [-0.39, 0.29) is 27.4 Å². The van der Waals surface area contributed by atoms with E-state index in [1.54, 1.807) is 0 Å². The molecule has 0 spiro atoms. The van der Waals surface area contributed by atoms with Crippen LogP contribution < -0.4 is 0 Å². The quantitative estimate of drug-likeness (QED) is 0.173. The lowest BCUT2D eigenvalue weighted by molar-refractivity contribution is 0.446. The smallest absolute Gasteiger partial charge is 0.161 e. The summed E-state index contributed by atoms with van der Waals surface area (Å²) < 4.78 is 8.92. The van der Waals surface area contributed by atoms with Crippen LogP contribution in [-0.4, -0.2) is 19.6 Å². The van der Waals surface area contributed by atoms with Crippen molar-refractivity contribution in [2.24, 2.45) is 0 Å². The summed E-state index contributed by atoms with van der Waals surface area (Å²) >= 11 is 0. The summed E-state index contributed by atoms with van der Waals surface area (Å²) in [5.74, 6) is 0.923. The molecule has 10 aromatic rings. The number of hydrogen-bond acceptors (Lipinski definition) is 4. The highest BCUT2D eigenvalue weighted by Crippen LogP contribution is 2.47. The molecule has 68 heavy (non-hydrogen) atoms. The Kier molecular flexibility index (Phi) is 10.6. The maximum Gasteiger partial charge on any atom is 0.161 e. The van der Waals surface area contributed by atoms with Gasteiger partial charge in [-0.2, -0.15) is 0 Å². The maximum absolute atomic E-state index is 12.7. The molecule has 10 rings (SSSR count). The summed E-state index contributed by atoms with van der Waals surface area (Å²) in [6, 6.07) is 56.1. The van der Waals surface area contributed by atoms with Gasteiger partial charge in [-0.3, -0.25) is 9.55 Å². The van der Waals surface area contributed by atoms with Crippen LogP contribution in [0.4, 0.5) is 0 Å². The fraction of sp³-hybridized carbons (Fsp3) is 0.238. The second kappa shape index (κ2) is 16.2. The van der Waals surface area contributed by atoms with Gasteiger partial charge >= 0.3 is 0 Å². The molecule has 5 heteroatoms. The summed E-state index contributed by atoms with van der Waals surface area (Å²) in [6.07, 6.45) is 1.89. The number of rotatable bonds is 7. The third kappa shape index (κ3) is 7.78. The van der Waals surface area contributed by atoms with Crippen molar-refractivity contribution in [2.75, 3.05) is 0 Å². The minimum absolute atomic E-state index is 0.0895. The van der Waals surface area contributed by atoms with E-state index in [2.05, 4.69) is 220 Å². The van der Waals surface area contributed by atoms with Crippen molar-refractivity contribution in [1.29, 1.82) is 0 Å². The van der Waals surface area contributed by atoms with Gasteiger partial charge in [0.2, 0.25) is 0 Å². The number of imidazole rings is 1. The topological polar surface area (TPSA) is 64.1 Å². The Bertz CT molecular complexity index is 3530. The van der Waals surface area contributed by atoms with E-state index < -0.39 is 0 Å². The Labute approximate surface area is 401 Å². The van der Waals surface area contributed by atoms with Gasteiger partial charge in [-0.05, 0) is 98.2 Å². The SMILES string of the molecule is CC(C)(C)c1ccc(-n2c(-c3cc(C(C)(C)C)cc(C(C)(C)C)c3O)nc3c(-c4cc(-c5nccc6c5oc5ccccc56)cc(C(C)(C)c5ccccc5)c4)cccc32)c(-c2ccccc2)c1. The number of aromatic nitrogens is 3. The predicted octanol–water partition coefficient (Wildman–Crippen LogP) is 16.9. The maximum atomic E-state index is 12.7. The van der Waals surface area contributed by atoms with Gasteiger partial charge < -0.3 is 9.52 Å². The standard InChI is InChI=1S/C63H61N3O2/c1-60(2,3)43-29-30-52(49(36-43)39-21-14-12-15-22-39)66-53-27-20-26-46(56(53)65-59(66)50-37-44(61(4,5)6)38-51(57(50)67)62(7,8)9)40-33-41(35-45(34-40)63(10,11)42-23-16-13-17-24-42)55-58-48(31-32-64-55)47-25-18-19-28-54(47)68-58/h12-38,67H,1-11H3. The average Bonchev–Trinajstić information content (AvgIpc) is 3.90. The van der Waals surface area contributed by atoms with Crippen LogP contribution in [0.25, 0.3) is 83.6 Å². The van der Waals surface area contributed by atoms with Gasteiger partial charge in [-0.15, -0.1) is 0 Å². The zero-order chi connectivity index (χ0) is 47.9. The largest absolute Gasteiger partial charge is 0.507 e. The number of phenolic OH excluding ortho intramolecular Hbond substituents is 1. The van der Waals surface area contributed by atoms with Crippen LogP contribution in [0.1, 0.15) is 104 Å². The first-order chi connectivity index (χ1) is 32.3. The van der Waals surface area contributed by atoms with E-state index in [0.29, 0.717) is 11.4 Å². The number of hydrogen-bond donors (Lipinski definition) is 1. The second-order valence-electron chi connectivity index (χ2n) is 22.1. The molecule has 0 unspecified atom stereocenters. The first-order valence-electron chi connectivity index (χ1n) is 23.9. The normalized spacial score (nSPS) is 12.7. The van der Waals surface area contributed by atoms with Gasteiger partial charge in [0.25, 0.3) is 0 Å². The molecule has 1 N–H and O–H groups in total. The number of nitrogens with zero attached hydrogens (tertiary/aromatic N) is 3. The first kappa shape index (κ1) is 44.6. The van der Waals surface area contributed by atoms with Gasteiger partial charge in [-0.1, -0.05) is 185 Å². The Hall–Kier alpha value is -7.24. The molecular weight excluding hydrogens is 831 g/mol. The summed E-state index contributed by atoms with van der Waals surface area (Å²) in [4.78, 5) is 10.8. The van der Waals surface area contributed by atoms with Crippen LogP contribution in [0.5, 0.6) is 5.75 Å². The number of benzene rings is 7. The van der Waals surface area contributed by atoms with Gasteiger partial charge in [0.05, 0.1) is 22.3 Å². The highest BCUT2D eigenvalue weighted by atomic mass is 16.3. The Morgan fingerprint density at radius 2 is 1.15 bits per heavy atom. The van der Waals surface area contributed by atoms with E-state index >= 15 is 0 Å². The zero-order valence-electron chi connectivity index (χ0n) is 41.3. The number of fused-ring (bicyclic) bond motifs is 4. The van der Waals surface area contributed by atoms with Crippen molar-refractivity contribution < 1.29 is 9.52 Å². The summed E-state index contributed by atoms with van der Waals surface area (Å²) in [7, 11) is 0. The molecule has 5 nitrogen and oxygen atoms in total. The Morgan fingerprint density at radius 1 is 0.485 bits per heavy atom. The molecule has 0 fully saturated rings. The van der Waals surface area contributed by atoms with Gasteiger partial charge in [0.1, 0.15) is 22.9 Å². The molecule has 7 aromatic carbocycles. The molecule has 0 bridgehead atoms. The number of aromatic hydroxyl groups is 1. The van der Waals surface area contributed by atoms with E-state index in [1.807, 2.05) is 24.4 Å². The molecular formula is C63H61N3O2. The number of phenols is 1. The lowest BCUT2D eigenvalue weighted by Crippen LogP contribution is -2.19. The van der Waals surface area contributed by atoms with Crippen molar-refractivity contribution in [3.05, 3.63) is 192 Å². The highest BCUT2D eigenvalue weighted by molar-refractivity contribution is 6.09. The molecule has 0 aliphatic carbocycles. The van der Waals surface area contributed by atoms with Crippen molar-refractivity contribution in [3.63, 3.8) is 0 Å². The fourth-order valence-corrected chi connectivity index (χ4v) is 9.77. The molecule has 0 aliphatic heterocycles. The number of furan rings is 1. The van der Waals surface area contributed by atoms with E-state index in [4.69, 9.17) is 14.4 Å². The number of para-hydroxylation sites is 2. The molecule has 3 heterocycles. The van der Waals surface area contributed by atoms with Crippen LogP contribution in [0.15, 0.2) is 168 Å². The molecule has 0 aliphatic rings. The van der Waals surface area contributed by atoms with Crippen LogP contribution in [0.3, 0.4) is 0 Å². The third-order valence-corrected chi connectivity index (χ3v) is 13.9. The Morgan fingerprint density at radius 3 is 1.85 bits per heavy atom. The summed E-state index contributed by atoms with van der Waals surface area (Å²) in [5.41, 5.74) is 15.5. The third-order valence-electron chi connectivity index (χ3n) is 13.9. The van der Waals surface area contributed by atoms with Gasteiger partial charge in [0.15, 0.2) is 5.58 Å². The predicted molar refractivity (Wildman–Crippen MR) is 284 cm³/mol. The second-order valence-corrected chi connectivity index (χ2v) is 22.1. The Balaban J connectivity index is 1.32. The van der Waals surface area contributed by atoms with Crippen LogP contribution in [0, 0.1) is 0 Å². The summed E-state index contributed by atoms with van der Waals surface area (Å²) in [5, 5.41) is 14.7. The van der Waals surface area contributed by atoms with Crippen LogP contribution >= 0.6 is 0 Å². The lowest BCUT2D eigenvalue weighted by atomic mass is 9.76. The van der Waals surface area contributed by atoms with Crippen molar-refractivity contribution in [3.8, 4) is 56.3 Å². The fourth-order valence-electron chi connectivity index (χ4n) is 9.77. The van der Waals surface area contributed by atoms with E-state index in [9.17, 15) is 5.11 Å². The van der Waals surface area contributed by atoms with E-state index in [0.717, 1.165) is 88.9 Å². The van der Waals surface area contributed by atoms with Crippen molar-refractivity contribution in [1.82, 2.24) is 14.5 Å². The number of pyridine rings is 1. The molecule has 0 radical (unpaired) electrons. The molecule has 340 valence electrons. The van der Waals surface area contributed by atoms with E-state index in [1.165, 1.54) is 11.1 Å². The molecule has 0 atom stereocenters. The molecule has 3 aromatic heterocycles. The minimum atomic E-state index is -0.381. The summed E-state index contributed by atoms with van der Waals surface area (Å²) in [6.45, 7) is 24.6. The monoisotopic (exact) mass is 891 g/mol. The minimum Gasteiger partial charge on any atom is -0.507 e. The van der Waals surface area contributed by atoms with Gasteiger partial charge in [-0.25, -0.2) is 4.98 Å². The molecule has 0 saturated heterocycles. The van der Waals surface area contributed by atoms with Crippen molar-refractivity contribution >= 4 is 33.0 Å². The molecule has 0 amide bonds. The average molecular weight is 892 g/mol. The first-order valence-corrected chi connectivity index (χ1v) is 23.9. The van der Waals surface area contributed by atoms with Crippen LogP contribution in [-0.2, 0) is 21.7 Å². The molecule has 0 saturated carbocycles. The van der Waals surface area contributed by atoms with Crippen LogP contribution in [0.2, 0.25) is 0 Å². The zero-order valence-corrected chi connectivity index (χ0v) is 41.3. The van der Waals surface area contributed by atoms with Gasteiger partial charge in [0, 0.05) is 44.6 Å². The lowest BCUT2D eigenvalue weighted by Gasteiger charge is -2.28.